The molecule has 0 aromatic carbocycles. The molecule has 0 amide bonds. The summed E-state index contributed by atoms with van der Waals surface area (Å²) in [6.45, 7) is 9.33. The van der Waals surface area contributed by atoms with E-state index in [4.69, 9.17) is 36.7 Å². The number of carbonyl (C=O) groups is 2. The first-order valence-electron chi connectivity index (χ1n) is 14.5. The third-order valence-corrected chi connectivity index (χ3v) is 17.5. The van der Waals surface area contributed by atoms with Crippen LogP contribution >= 0.6 is 0 Å². The van der Waals surface area contributed by atoms with Gasteiger partial charge in [0.2, 0.25) is 0 Å². The number of hydrogen-bond acceptors (Lipinski definition) is 10. The average Bonchev–Trinajstić information content (AvgIpc) is 3.01. The lowest BCUT2D eigenvalue weighted by atomic mass is 10.1. The smallest absolute Gasteiger partial charge is 0.370 e. The van der Waals surface area contributed by atoms with E-state index in [-0.39, 0.29) is 22.4 Å². The molecule has 0 bridgehead atoms. The molecule has 2 rings (SSSR count). The second kappa shape index (κ2) is 18.3. The summed E-state index contributed by atoms with van der Waals surface area (Å²) in [6.07, 6.45) is 10.5. The first kappa shape index (κ1) is 37.6. The number of rotatable bonds is 16. The van der Waals surface area contributed by atoms with Gasteiger partial charge in [-0.15, -0.1) is 0 Å². The Morgan fingerprint density at radius 2 is 1.15 bits per heavy atom. The first-order chi connectivity index (χ1) is 19.6. The molecule has 10 nitrogen and oxygen atoms in total. The molecule has 0 aromatic rings. The maximum atomic E-state index is 11.4. The molecule has 0 N–H and O–H groups in total. The van der Waals surface area contributed by atoms with Crippen LogP contribution in [0.1, 0.15) is 71.1 Å². The second-order valence-corrected chi connectivity index (χ2v) is 18.1. The Labute approximate surface area is 249 Å². The molecule has 0 spiro atoms. The fourth-order valence-electron chi connectivity index (χ4n) is 6.28. The molecule has 0 radical (unpaired) electrons. The van der Waals surface area contributed by atoms with Crippen LogP contribution in [0.4, 0.5) is 0 Å². The van der Waals surface area contributed by atoms with Crippen molar-refractivity contribution < 1.29 is 46.2 Å². The predicted molar refractivity (Wildman–Crippen MR) is 162 cm³/mol. The molecule has 41 heavy (non-hydrogen) atoms. The van der Waals surface area contributed by atoms with Crippen LogP contribution in [0.5, 0.6) is 0 Å². The van der Waals surface area contributed by atoms with Gasteiger partial charge in [0.25, 0.3) is 0 Å². The van der Waals surface area contributed by atoms with E-state index in [0.717, 1.165) is 76.3 Å². The van der Waals surface area contributed by atoms with Gasteiger partial charge in [0.05, 0.1) is 13.2 Å². The summed E-state index contributed by atoms with van der Waals surface area (Å²) in [5.74, 6) is -0.728. The van der Waals surface area contributed by atoms with E-state index in [1.54, 1.807) is 49.6 Å². The van der Waals surface area contributed by atoms with Gasteiger partial charge in [-0.1, -0.05) is 38.8 Å². The Balaban J connectivity index is 0.000000410. The third-order valence-electron chi connectivity index (χ3n) is 8.60. The minimum absolute atomic E-state index is 0.341. The number of hydrogen-bond donors (Lipinski definition) is 0. The summed E-state index contributed by atoms with van der Waals surface area (Å²) < 4.78 is 45.2. The van der Waals surface area contributed by atoms with Crippen LogP contribution in [-0.2, 0) is 46.2 Å². The zero-order chi connectivity index (χ0) is 31.0. The molecule has 2 saturated heterocycles. The Bertz CT molecular complexity index is 830. The van der Waals surface area contributed by atoms with Crippen LogP contribution in [0, 0.1) is 0 Å². The fraction of sp³-hybridized carbons (Fsp3) is 0.793. The zero-order valence-electron chi connectivity index (χ0n) is 26.5. The van der Waals surface area contributed by atoms with E-state index in [9.17, 15) is 9.59 Å². The zero-order valence-corrected chi connectivity index (χ0v) is 28.5. The van der Waals surface area contributed by atoms with E-state index in [2.05, 4.69) is 13.2 Å². The van der Waals surface area contributed by atoms with Gasteiger partial charge in [-0.25, -0.2) is 9.59 Å². The Morgan fingerprint density at radius 3 is 1.49 bits per heavy atom. The monoisotopic (exact) mass is 618 g/mol. The number of esters is 2. The highest BCUT2D eigenvalue weighted by Gasteiger charge is 2.59. The fourth-order valence-corrected chi connectivity index (χ4v) is 14.1. The molecular weight excluding hydrogens is 564 g/mol. The van der Waals surface area contributed by atoms with Gasteiger partial charge in [0.15, 0.2) is 0 Å². The largest absolute Gasteiger partial charge is 0.463 e. The van der Waals surface area contributed by atoms with Crippen molar-refractivity contribution in [2.75, 3.05) is 55.9 Å². The van der Waals surface area contributed by atoms with Crippen molar-refractivity contribution in [3.63, 3.8) is 0 Å². The topological polar surface area (TPSA) is 108 Å². The highest BCUT2D eigenvalue weighted by molar-refractivity contribution is 6.71. The van der Waals surface area contributed by atoms with Crippen molar-refractivity contribution in [3.8, 4) is 0 Å². The Kier molecular flexibility index (Phi) is 16.8. The average molecular weight is 619 g/mol. The molecule has 0 aliphatic carbocycles. The standard InChI is InChI=1S/C15H28O5Si.C14H26O5Si/c1-13(2)14(16)20-11-8-10-15(17-3)9-6-7-12-21(15,18-4)19-5;1-5-13(15)19-11-8-10-14(16-2)9-6-7-12-20(14,17-3)18-4/h1,6-12H2,2-5H3;5H,1,6-12H2,2-4H3. The van der Waals surface area contributed by atoms with Gasteiger partial charge >= 0.3 is 29.1 Å². The van der Waals surface area contributed by atoms with E-state index < -0.39 is 17.1 Å². The molecule has 0 aromatic heterocycles. The SMILES string of the molecule is C=C(C)C(=O)OCCCC1(OC)CCCC[Si]1(OC)OC.C=CC(=O)OCCCC1(OC)CCCC[Si]1(OC)OC. The molecule has 2 heterocycles. The molecule has 2 aliphatic heterocycles. The molecule has 2 aliphatic rings. The molecule has 2 atom stereocenters. The first-order valence-corrected chi connectivity index (χ1v) is 18.5. The van der Waals surface area contributed by atoms with Gasteiger partial charge in [0.1, 0.15) is 10.4 Å². The van der Waals surface area contributed by atoms with Crippen LogP contribution in [-0.4, -0.2) is 95.4 Å². The normalized spacial score (nSPS) is 24.9. The summed E-state index contributed by atoms with van der Waals surface area (Å²) in [5.41, 5.74) is 0.423. The molecule has 2 fully saturated rings. The van der Waals surface area contributed by atoms with Gasteiger partial charge in [-0.05, 0) is 57.5 Å². The lowest BCUT2D eigenvalue weighted by molar-refractivity contribution is -0.139. The second-order valence-electron chi connectivity index (χ2n) is 10.6. The molecular formula is C29H54O10Si2. The molecule has 12 heteroatoms. The van der Waals surface area contributed by atoms with Crippen LogP contribution < -0.4 is 0 Å². The van der Waals surface area contributed by atoms with Gasteiger partial charge < -0.3 is 36.7 Å². The summed E-state index contributed by atoms with van der Waals surface area (Å²) in [4.78, 5) is 22.4. The van der Waals surface area contributed by atoms with Crippen molar-refractivity contribution in [2.24, 2.45) is 0 Å². The van der Waals surface area contributed by atoms with E-state index in [1.807, 2.05) is 0 Å². The minimum atomic E-state index is -2.39. The van der Waals surface area contributed by atoms with Crippen molar-refractivity contribution >= 4 is 29.1 Å². The van der Waals surface area contributed by atoms with Gasteiger partial charge in [-0.2, -0.15) is 0 Å². The molecule has 238 valence electrons. The van der Waals surface area contributed by atoms with Gasteiger partial charge in [0, 0.05) is 54.3 Å². The van der Waals surface area contributed by atoms with Crippen LogP contribution in [0.15, 0.2) is 24.8 Å². The quantitative estimate of drug-likeness (QED) is 0.101. The van der Waals surface area contributed by atoms with Crippen LogP contribution in [0.2, 0.25) is 12.1 Å². The maximum Gasteiger partial charge on any atom is 0.370 e. The van der Waals surface area contributed by atoms with Crippen LogP contribution in [0.3, 0.4) is 0 Å². The lowest BCUT2D eigenvalue weighted by Gasteiger charge is -2.48. The third kappa shape index (κ3) is 9.30. The van der Waals surface area contributed by atoms with Crippen molar-refractivity contribution in [2.45, 2.75) is 93.7 Å². The highest BCUT2D eigenvalue weighted by atomic mass is 28.4. The Hall–Kier alpha value is -1.39. The van der Waals surface area contributed by atoms with E-state index in [0.29, 0.717) is 18.8 Å². The van der Waals surface area contributed by atoms with Crippen molar-refractivity contribution in [1.29, 1.82) is 0 Å². The summed E-state index contributed by atoms with van der Waals surface area (Å²) >= 11 is 0. The van der Waals surface area contributed by atoms with Crippen LogP contribution in [0.25, 0.3) is 0 Å². The summed E-state index contributed by atoms with van der Waals surface area (Å²) in [6, 6.07) is 1.89. The van der Waals surface area contributed by atoms with Crippen molar-refractivity contribution in [1.82, 2.24) is 0 Å². The predicted octanol–water partition coefficient (Wildman–Crippen LogP) is 5.07. The molecule has 2 unspecified atom stereocenters. The summed E-state index contributed by atoms with van der Waals surface area (Å²) in [5, 5.41) is -0.709. The maximum absolute atomic E-state index is 11.4. The van der Waals surface area contributed by atoms with Crippen molar-refractivity contribution in [3.05, 3.63) is 24.8 Å². The number of carbonyl (C=O) groups excluding carboxylic acids is 2. The Morgan fingerprint density at radius 1 is 0.732 bits per heavy atom. The highest BCUT2D eigenvalue weighted by Crippen LogP contribution is 2.43. The lowest BCUT2D eigenvalue weighted by Crippen LogP contribution is -2.64. The van der Waals surface area contributed by atoms with E-state index in [1.165, 1.54) is 6.08 Å². The summed E-state index contributed by atoms with van der Waals surface area (Å²) in [7, 11) is 5.55. The van der Waals surface area contributed by atoms with Gasteiger partial charge in [-0.3, -0.25) is 0 Å². The van der Waals surface area contributed by atoms with E-state index >= 15 is 0 Å². The number of ether oxygens (including phenoxy) is 4. The molecule has 0 saturated carbocycles. The minimum Gasteiger partial charge on any atom is -0.463 e. The number of methoxy groups -OCH3 is 2.